The molecule has 4 heteroatoms. The second kappa shape index (κ2) is 3.26. The van der Waals surface area contributed by atoms with Crippen LogP contribution in [0, 0.1) is 0 Å². The van der Waals surface area contributed by atoms with E-state index in [1.54, 1.807) is 12.3 Å². The van der Waals surface area contributed by atoms with Gasteiger partial charge in [-0.25, -0.2) is 0 Å². The van der Waals surface area contributed by atoms with Crippen LogP contribution in [0.4, 0.5) is 0 Å². The van der Waals surface area contributed by atoms with Gasteiger partial charge in [-0.1, -0.05) is 0 Å². The van der Waals surface area contributed by atoms with Crippen LogP contribution in [0.25, 0.3) is 0 Å². The zero-order chi connectivity index (χ0) is 8.39. The Morgan fingerprint density at radius 3 is 3.08 bits per heavy atom. The zero-order valence-electron chi connectivity index (χ0n) is 6.60. The fourth-order valence-corrected chi connectivity index (χ4v) is 1.15. The molecule has 1 aromatic rings. The minimum atomic E-state index is -0.367. The fraction of sp³-hybridized carbons (Fsp3) is 0.500. The van der Waals surface area contributed by atoms with Crippen molar-refractivity contribution in [1.82, 2.24) is 0 Å². The highest BCUT2D eigenvalue weighted by Gasteiger charge is 2.27. The van der Waals surface area contributed by atoms with Gasteiger partial charge in [0.1, 0.15) is 0 Å². The standard InChI is InChI=1S/C8H11NO3/c9-4-6-5-11-8(12-6)7-2-1-3-10-7/h1-3,6,8H,4-5,9H2. The van der Waals surface area contributed by atoms with Crippen molar-refractivity contribution in [3.05, 3.63) is 24.2 Å². The van der Waals surface area contributed by atoms with E-state index in [4.69, 9.17) is 19.6 Å². The van der Waals surface area contributed by atoms with E-state index >= 15 is 0 Å². The Hall–Kier alpha value is -0.840. The first-order valence-electron chi connectivity index (χ1n) is 3.90. The van der Waals surface area contributed by atoms with Crippen LogP contribution in [0.5, 0.6) is 0 Å². The highest BCUT2D eigenvalue weighted by atomic mass is 16.7. The summed E-state index contributed by atoms with van der Waals surface area (Å²) < 4.78 is 15.8. The molecule has 1 saturated heterocycles. The average molecular weight is 169 g/mol. The van der Waals surface area contributed by atoms with Crippen molar-refractivity contribution >= 4 is 0 Å². The van der Waals surface area contributed by atoms with Gasteiger partial charge in [-0.15, -0.1) is 0 Å². The molecule has 0 aromatic carbocycles. The third kappa shape index (κ3) is 1.36. The minimum Gasteiger partial charge on any atom is -0.464 e. The van der Waals surface area contributed by atoms with Gasteiger partial charge in [0.25, 0.3) is 0 Å². The number of hydrogen-bond acceptors (Lipinski definition) is 4. The van der Waals surface area contributed by atoms with Gasteiger partial charge in [-0.3, -0.25) is 0 Å². The number of furan rings is 1. The summed E-state index contributed by atoms with van der Waals surface area (Å²) in [7, 11) is 0. The quantitative estimate of drug-likeness (QED) is 0.706. The predicted molar refractivity (Wildman–Crippen MR) is 41.3 cm³/mol. The predicted octanol–water partition coefficient (Wildman–Crippen LogP) is 0.652. The average Bonchev–Trinajstić information content (AvgIpc) is 2.75. The first-order chi connectivity index (χ1) is 5.90. The number of rotatable bonds is 2. The SMILES string of the molecule is NCC1COC(c2ccco2)O1. The van der Waals surface area contributed by atoms with Gasteiger partial charge in [0.05, 0.1) is 19.0 Å². The lowest BCUT2D eigenvalue weighted by Crippen LogP contribution is -2.21. The molecule has 0 radical (unpaired) electrons. The van der Waals surface area contributed by atoms with E-state index in [1.165, 1.54) is 0 Å². The van der Waals surface area contributed by atoms with Crippen LogP contribution < -0.4 is 5.73 Å². The van der Waals surface area contributed by atoms with Crippen molar-refractivity contribution < 1.29 is 13.9 Å². The smallest absolute Gasteiger partial charge is 0.217 e. The second-order valence-corrected chi connectivity index (χ2v) is 2.67. The molecular formula is C8H11NO3. The van der Waals surface area contributed by atoms with Gasteiger partial charge in [0.2, 0.25) is 6.29 Å². The van der Waals surface area contributed by atoms with Crippen molar-refractivity contribution in [1.29, 1.82) is 0 Å². The molecule has 0 spiro atoms. The first-order valence-corrected chi connectivity index (χ1v) is 3.90. The van der Waals surface area contributed by atoms with Gasteiger partial charge in [-0.05, 0) is 12.1 Å². The number of hydrogen-bond donors (Lipinski definition) is 1. The third-order valence-electron chi connectivity index (χ3n) is 1.79. The van der Waals surface area contributed by atoms with Gasteiger partial charge in [-0.2, -0.15) is 0 Å². The second-order valence-electron chi connectivity index (χ2n) is 2.67. The summed E-state index contributed by atoms with van der Waals surface area (Å²) >= 11 is 0. The summed E-state index contributed by atoms with van der Waals surface area (Å²) in [5.74, 6) is 0.700. The number of ether oxygens (including phenoxy) is 2. The molecule has 2 heterocycles. The van der Waals surface area contributed by atoms with Crippen molar-refractivity contribution in [2.45, 2.75) is 12.4 Å². The molecule has 2 unspecified atom stereocenters. The summed E-state index contributed by atoms with van der Waals surface area (Å²) in [5.41, 5.74) is 5.41. The molecule has 12 heavy (non-hydrogen) atoms. The topological polar surface area (TPSA) is 57.6 Å². The molecule has 1 aromatic heterocycles. The molecule has 66 valence electrons. The van der Waals surface area contributed by atoms with Crippen molar-refractivity contribution in [3.63, 3.8) is 0 Å². The van der Waals surface area contributed by atoms with Crippen LogP contribution in [-0.2, 0) is 9.47 Å². The molecule has 1 fully saturated rings. The Morgan fingerprint density at radius 1 is 1.58 bits per heavy atom. The van der Waals surface area contributed by atoms with E-state index in [1.807, 2.05) is 6.07 Å². The minimum absolute atomic E-state index is 0.0000926. The summed E-state index contributed by atoms with van der Waals surface area (Å²) in [6.45, 7) is 1.03. The molecule has 0 aliphatic carbocycles. The van der Waals surface area contributed by atoms with Gasteiger partial charge >= 0.3 is 0 Å². The molecule has 1 aliphatic rings. The molecule has 0 saturated carbocycles. The van der Waals surface area contributed by atoms with Crippen LogP contribution in [0.1, 0.15) is 12.1 Å². The molecular weight excluding hydrogens is 158 g/mol. The molecule has 2 rings (SSSR count). The lowest BCUT2D eigenvalue weighted by atomic mass is 10.4. The Morgan fingerprint density at radius 2 is 2.50 bits per heavy atom. The highest BCUT2D eigenvalue weighted by molar-refractivity contribution is 5.00. The van der Waals surface area contributed by atoms with Crippen LogP contribution in [0.2, 0.25) is 0 Å². The van der Waals surface area contributed by atoms with Gasteiger partial charge in [0, 0.05) is 6.54 Å². The van der Waals surface area contributed by atoms with Gasteiger partial charge < -0.3 is 19.6 Å². The molecule has 2 atom stereocenters. The Kier molecular flexibility index (Phi) is 2.12. The summed E-state index contributed by atoms with van der Waals surface area (Å²) in [6.07, 6.45) is 1.23. The lowest BCUT2D eigenvalue weighted by Gasteiger charge is -2.06. The summed E-state index contributed by atoms with van der Waals surface area (Å²) in [5, 5.41) is 0. The molecule has 1 aliphatic heterocycles. The third-order valence-corrected chi connectivity index (χ3v) is 1.79. The number of nitrogens with two attached hydrogens (primary N) is 1. The van der Waals surface area contributed by atoms with Crippen molar-refractivity contribution in [2.24, 2.45) is 5.73 Å². The zero-order valence-corrected chi connectivity index (χ0v) is 6.60. The maximum atomic E-state index is 5.41. The molecule has 2 N–H and O–H groups in total. The Balaban J connectivity index is 2.00. The molecule has 4 nitrogen and oxygen atoms in total. The maximum absolute atomic E-state index is 5.41. The fourth-order valence-electron chi connectivity index (χ4n) is 1.15. The van der Waals surface area contributed by atoms with E-state index in [2.05, 4.69) is 0 Å². The largest absolute Gasteiger partial charge is 0.464 e. The Bertz CT molecular complexity index is 234. The summed E-state index contributed by atoms with van der Waals surface area (Å²) in [4.78, 5) is 0. The van der Waals surface area contributed by atoms with E-state index in [0.29, 0.717) is 18.9 Å². The molecule has 0 amide bonds. The van der Waals surface area contributed by atoms with Crippen molar-refractivity contribution in [3.8, 4) is 0 Å². The van der Waals surface area contributed by atoms with E-state index in [9.17, 15) is 0 Å². The summed E-state index contributed by atoms with van der Waals surface area (Å²) in [6, 6.07) is 3.63. The van der Waals surface area contributed by atoms with Crippen LogP contribution >= 0.6 is 0 Å². The van der Waals surface area contributed by atoms with Crippen LogP contribution in [0.3, 0.4) is 0 Å². The van der Waals surface area contributed by atoms with E-state index < -0.39 is 0 Å². The van der Waals surface area contributed by atoms with Crippen LogP contribution in [0.15, 0.2) is 22.8 Å². The normalized spacial score (nSPS) is 29.4. The van der Waals surface area contributed by atoms with Crippen LogP contribution in [-0.4, -0.2) is 19.3 Å². The van der Waals surface area contributed by atoms with Crippen molar-refractivity contribution in [2.75, 3.05) is 13.2 Å². The van der Waals surface area contributed by atoms with E-state index in [-0.39, 0.29) is 12.4 Å². The monoisotopic (exact) mass is 169 g/mol. The first kappa shape index (κ1) is 7.79. The molecule has 0 bridgehead atoms. The lowest BCUT2D eigenvalue weighted by molar-refractivity contribution is -0.0723. The maximum Gasteiger partial charge on any atom is 0.217 e. The van der Waals surface area contributed by atoms with E-state index in [0.717, 1.165) is 0 Å². The highest BCUT2D eigenvalue weighted by Crippen LogP contribution is 2.26. The van der Waals surface area contributed by atoms with Gasteiger partial charge in [0.15, 0.2) is 5.76 Å². The Labute approximate surface area is 70.2 Å².